The molecule has 10 N–H and O–H groups in total. The van der Waals surface area contributed by atoms with Crippen LogP contribution in [0.5, 0.6) is 0 Å². The Morgan fingerprint density at radius 2 is 1.07 bits per heavy atom. The van der Waals surface area contributed by atoms with Crippen molar-refractivity contribution in [3.8, 4) is 0 Å². The summed E-state index contributed by atoms with van der Waals surface area (Å²) in [5.41, 5.74) is 0.357. The van der Waals surface area contributed by atoms with E-state index in [9.17, 15) is 62.4 Å². The van der Waals surface area contributed by atoms with Gasteiger partial charge in [-0.3, -0.25) is 33.3 Å². The fourth-order valence-corrected chi connectivity index (χ4v) is 6.02. The van der Waals surface area contributed by atoms with Crippen molar-refractivity contribution >= 4 is 55.3 Å². The van der Waals surface area contributed by atoms with Crippen LogP contribution in [0.4, 0.5) is 4.39 Å². The van der Waals surface area contributed by atoms with E-state index in [0.717, 1.165) is 0 Å². The van der Waals surface area contributed by atoms with Gasteiger partial charge in [-0.15, -0.1) is 0 Å². The summed E-state index contributed by atoms with van der Waals surface area (Å²) >= 11 is 0. The maximum atomic E-state index is 13.0. The van der Waals surface area contributed by atoms with Gasteiger partial charge in [0, 0.05) is 44.3 Å². The second kappa shape index (κ2) is 36.3. The van der Waals surface area contributed by atoms with Crippen molar-refractivity contribution in [3.05, 3.63) is 35.6 Å². The number of hydrogen-bond donors (Lipinski definition) is 10. The molecule has 0 heterocycles. The normalized spacial score (nSPS) is 12.9. The summed E-state index contributed by atoms with van der Waals surface area (Å²) < 4.78 is 29.8. The number of halogens is 1. The Morgan fingerprint density at radius 1 is 0.593 bits per heavy atom. The van der Waals surface area contributed by atoms with Crippen LogP contribution in [0, 0.1) is 5.82 Å². The number of carboxylic acid groups (broad SMARTS) is 4. The number of carbonyl (C=O) groups excluding carboxylic acids is 4. The zero-order valence-corrected chi connectivity index (χ0v) is 44.0. The van der Waals surface area contributed by atoms with Crippen molar-refractivity contribution in [2.45, 2.75) is 108 Å². The van der Waals surface area contributed by atoms with E-state index in [1.54, 1.807) is 0 Å². The fourth-order valence-electron chi connectivity index (χ4n) is 4.94. The van der Waals surface area contributed by atoms with Gasteiger partial charge < -0.3 is 46.6 Å². The first-order chi connectivity index (χ1) is 26.4. The van der Waals surface area contributed by atoms with Crippen LogP contribution >= 0.6 is 7.75 Å². The number of amides is 4. The average molecular weight is 936 g/mol. The van der Waals surface area contributed by atoms with E-state index in [1.807, 2.05) is 5.09 Å². The molecule has 20 nitrogen and oxygen atoms in total. The van der Waals surface area contributed by atoms with Gasteiger partial charge in [0.05, 0.1) is 6.61 Å². The molecule has 25 heteroatoms. The maximum absolute atomic E-state index is 13.0. The monoisotopic (exact) mass is 935 g/mol. The van der Waals surface area contributed by atoms with Crippen LogP contribution in [0.2, 0.25) is 0 Å². The smallest absolute Gasteiger partial charge is 0.481 e. The second-order valence-corrected chi connectivity index (χ2v) is 14.2. The number of unbranched alkanes of at least 4 members (excludes halogenated alkanes) is 4. The van der Waals surface area contributed by atoms with Crippen molar-refractivity contribution < 1.29 is 231 Å². The van der Waals surface area contributed by atoms with Crippen molar-refractivity contribution in [2.75, 3.05) is 19.7 Å². The Morgan fingerprint density at radius 3 is 1.59 bits per heavy atom. The molecule has 4 atom stereocenters. The summed E-state index contributed by atoms with van der Waals surface area (Å²) in [6.07, 6.45) is 1.40. The van der Waals surface area contributed by atoms with E-state index in [4.69, 9.17) is 14.7 Å². The molecule has 0 bridgehead atoms. The molecule has 314 valence electrons. The van der Waals surface area contributed by atoms with Gasteiger partial charge >= 0.3 is 186 Å². The zero-order chi connectivity index (χ0) is 42.1. The molecule has 0 spiro atoms. The topological polar surface area (TPSA) is 324 Å². The first kappa shape index (κ1) is 63.2. The molecule has 4 amide bonds. The molecule has 1 unspecified atom stereocenters. The molecular weight excluding hydrogens is 885 g/mol. The van der Waals surface area contributed by atoms with Gasteiger partial charge in [-0.1, -0.05) is 12.8 Å². The Balaban J connectivity index is -0.0000105. The molecule has 0 saturated heterocycles. The number of aliphatic carboxylic acids is 4. The van der Waals surface area contributed by atoms with Gasteiger partial charge in [0.1, 0.15) is 23.9 Å². The minimum Gasteiger partial charge on any atom is -0.481 e. The molecule has 0 aromatic heterocycles. The van der Waals surface area contributed by atoms with E-state index in [1.165, 1.54) is 24.3 Å². The van der Waals surface area contributed by atoms with E-state index in [-0.39, 0.29) is 192 Å². The van der Waals surface area contributed by atoms with Crippen LogP contribution in [0.3, 0.4) is 0 Å². The number of benzene rings is 1. The SMILES string of the molecule is O=C(O)CC[C@H](NP(=O)(O)OCCC[C@H](NC(=O)CC[C@H](NC(=O)CCCCCNC(=O)CCCCCNC(=O)c1ccc([18F])cc1)C(=O)O)C(=O)O)C(=O)O.[K+].[K+].[K+]. The molecule has 0 saturated carbocycles. The molecule has 0 aliphatic rings. The van der Waals surface area contributed by atoms with Crippen LogP contribution in [-0.4, -0.2) is 111 Å². The molecule has 0 fully saturated rings. The average Bonchev–Trinajstić information content (AvgIpc) is 3.12. The number of carbonyl (C=O) groups is 8. The van der Waals surface area contributed by atoms with E-state index in [0.29, 0.717) is 63.6 Å². The predicted molar refractivity (Wildman–Crippen MR) is 193 cm³/mol. The molecule has 0 radical (unpaired) electrons. The van der Waals surface area contributed by atoms with Gasteiger partial charge in [0.15, 0.2) is 0 Å². The van der Waals surface area contributed by atoms with Gasteiger partial charge in [0.25, 0.3) is 5.91 Å². The Bertz CT molecular complexity index is 1550. The third kappa shape index (κ3) is 32.3. The third-order valence-corrected chi connectivity index (χ3v) is 9.14. The minimum atomic E-state index is -4.73. The van der Waals surface area contributed by atoms with E-state index < -0.39 is 93.3 Å². The summed E-state index contributed by atoms with van der Waals surface area (Å²) in [7, 11) is -4.73. The van der Waals surface area contributed by atoms with Gasteiger partial charge in [-0.05, 0) is 75.6 Å². The molecule has 59 heavy (non-hydrogen) atoms. The zero-order valence-electron chi connectivity index (χ0n) is 33.7. The molecule has 1 rings (SSSR count). The summed E-state index contributed by atoms with van der Waals surface area (Å²) in [5.74, 6) is -8.09. The summed E-state index contributed by atoms with van der Waals surface area (Å²) in [6.45, 7) is 0.261. The number of carboxylic acids is 4. The van der Waals surface area contributed by atoms with Gasteiger partial charge in [-0.2, -0.15) is 0 Å². The quantitative estimate of drug-likeness (QED) is 0.0188. The van der Waals surface area contributed by atoms with E-state index in [2.05, 4.69) is 21.3 Å². The first-order valence-corrected chi connectivity index (χ1v) is 19.5. The van der Waals surface area contributed by atoms with E-state index >= 15 is 0 Å². The number of hydrogen-bond acceptors (Lipinski definition) is 10. The molecule has 0 aliphatic heterocycles. The van der Waals surface area contributed by atoms with Crippen molar-refractivity contribution in [1.29, 1.82) is 0 Å². The molecule has 1 aromatic carbocycles. The third-order valence-electron chi connectivity index (χ3n) is 7.97. The molecular formula is C34H51FK3N5O15P+3. The van der Waals surface area contributed by atoms with Crippen molar-refractivity contribution in [2.24, 2.45) is 0 Å². The van der Waals surface area contributed by atoms with Crippen LogP contribution in [0.1, 0.15) is 100 Å². The Hall–Kier alpha value is -0.0709. The summed E-state index contributed by atoms with van der Waals surface area (Å²) in [5, 5.41) is 48.6. The maximum Gasteiger partial charge on any atom is 1.00 e. The Labute approximate surface area is 468 Å². The van der Waals surface area contributed by atoms with Crippen molar-refractivity contribution in [3.63, 3.8) is 0 Å². The minimum absolute atomic E-state index is 0. The predicted octanol–water partition coefficient (Wildman–Crippen LogP) is -7.47. The van der Waals surface area contributed by atoms with Gasteiger partial charge in [0.2, 0.25) is 17.7 Å². The fraction of sp³-hybridized carbons (Fsp3) is 0.588. The standard InChI is InChI=1S/C34H51FN5O15P.3K/c35-23-13-11-22(12-14-23)31(46)37-20-6-1-3-9-27(41)36-19-5-2-4-10-28(42)39-25(33(49)50)15-17-29(43)38-24(32(47)48)8-7-21-55-56(53,54)40-26(34(51)52)16-18-30(44)45;;;/h11-14,24-26H,1-10,15-21H2,(H,36,41)(H,37,46)(H,38,43)(H,39,42)(H,44,45)(H,47,48)(H,49,50)(H,51,52)(H2,40,53,54);;;/q;3*+1/t24-,25-,26-;;;/m0.../s1/i35-1;;;. The number of rotatable bonds is 31. The Kier molecular flexibility index (Phi) is 38.9. The largest absolute Gasteiger partial charge is 1.00 e. The second-order valence-electron chi connectivity index (χ2n) is 12.6. The first-order valence-electron chi connectivity index (χ1n) is 17.9. The van der Waals surface area contributed by atoms with Crippen LogP contribution in [0.25, 0.3) is 0 Å². The van der Waals surface area contributed by atoms with Crippen LogP contribution in [-0.2, 0) is 42.7 Å². The van der Waals surface area contributed by atoms with Gasteiger partial charge in [-0.25, -0.2) is 23.6 Å². The number of nitrogens with one attached hydrogen (secondary N) is 5. The van der Waals surface area contributed by atoms with Crippen LogP contribution in [0.15, 0.2) is 24.3 Å². The van der Waals surface area contributed by atoms with Crippen molar-refractivity contribution in [1.82, 2.24) is 26.4 Å². The summed E-state index contributed by atoms with van der Waals surface area (Å²) in [6, 6.07) is 0.552. The van der Waals surface area contributed by atoms with Crippen LogP contribution < -0.4 is 181 Å². The molecule has 1 aromatic rings. The summed E-state index contributed by atoms with van der Waals surface area (Å²) in [4.78, 5) is 104. The molecule has 0 aliphatic carbocycles.